The molecule has 1 N–H and O–H groups in total. The fourth-order valence-electron chi connectivity index (χ4n) is 6.95. The van der Waals surface area contributed by atoms with Crippen molar-refractivity contribution in [1.29, 1.82) is 0 Å². The second-order valence-electron chi connectivity index (χ2n) is 13.8. The minimum Gasteiger partial charge on any atom is -0.359 e. The highest BCUT2D eigenvalue weighted by Crippen LogP contribution is 2.56. The molecule has 4 nitrogen and oxygen atoms in total. The van der Waals surface area contributed by atoms with Gasteiger partial charge in [-0.1, -0.05) is 81.3 Å². The lowest BCUT2D eigenvalue weighted by Crippen LogP contribution is -2.40. The summed E-state index contributed by atoms with van der Waals surface area (Å²) in [4.78, 5) is 30.7. The van der Waals surface area contributed by atoms with Crippen LogP contribution in [0.1, 0.15) is 76.0 Å². The number of benzene rings is 3. The second kappa shape index (κ2) is 9.87. The van der Waals surface area contributed by atoms with Crippen molar-refractivity contribution in [2.75, 3.05) is 10.2 Å². The lowest BCUT2D eigenvalue weighted by atomic mass is 9.64. The lowest BCUT2D eigenvalue weighted by Gasteiger charge is -2.46. The average Bonchev–Trinajstić information content (AvgIpc) is 2.89. The Labute approximate surface area is 244 Å². The van der Waals surface area contributed by atoms with Gasteiger partial charge in [0, 0.05) is 58.4 Å². The smallest absolute Gasteiger partial charge is 0.162 e. The average molecular weight is 545 g/mol. The van der Waals surface area contributed by atoms with Gasteiger partial charge in [0.2, 0.25) is 0 Å². The van der Waals surface area contributed by atoms with Crippen LogP contribution >= 0.6 is 0 Å². The molecule has 0 aromatic heterocycles. The molecular weight excluding hydrogens is 504 g/mol. The first-order valence-corrected chi connectivity index (χ1v) is 14.7. The number of hydrogen-bond donors (Lipinski definition) is 1. The molecule has 0 saturated carbocycles. The summed E-state index contributed by atoms with van der Waals surface area (Å²) in [7, 11) is 0. The highest BCUT2D eigenvalue weighted by Gasteiger charge is 2.47. The zero-order valence-electron chi connectivity index (χ0n) is 25.1. The maximum Gasteiger partial charge on any atom is 0.162 e. The number of rotatable bonds is 4. The van der Waals surface area contributed by atoms with E-state index in [9.17, 15) is 9.59 Å². The predicted octanol–water partition coefficient (Wildman–Crippen LogP) is 8.94. The number of para-hydroxylation sites is 1. The number of Topliss-reactive ketones (excluding diaryl/α,β-unsaturated/α-hetero) is 2. The van der Waals surface area contributed by atoms with E-state index >= 15 is 0 Å². The summed E-state index contributed by atoms with van der Waals surface area (Å²) < 4.78 is 0. The van der Waals surface area contributed by atoms with E-state index in [2.05, 4.69) is 118 Å². The fraction of sp³-hybridized carbons (Fsp3) is 0.351. The Morgan fingerprint density at radius 1 is 0.683 bits per heavy atom. The number of ketones is 2. The summed E-state index contributed by atoms with van der Waals surface area (Å²) in [5, 5.41) is 3.66. The molecule has 210 valence electrons. The van der Waals surface area contributed by atoms with Crippen molar-refractivity contribution in [2.45, 2.75) is 73.1 Å². The van der Waals surface area contributed by atoms with Crippen LogP contribution in [0.5, 0.6) is 0 Å². The third-order valence-electron chi connectivity index (χ3n) is 8.79. The van der Waals surface area contributed by atoms with Gasteiger partial charge in [0.25, 0.3) is 0 Å². The molecule has 0 radical (unpaired) electrons. The molecule has 1 aliphatic heterocycles. The van der Waals surface area contributed by atoms with Crippen molar-refractivity contribution in [3.63, 3.8) is 0 Å². The number of fused-ring (bicyclic) bond motifs is 1. The molecule has 0 fully saturated rings. The molecule has 1 unspecified atom stereocenters. The summed E-state index contributed by atoms with van der Waals surface area (Å²) in [6.45, 7) is 12.8. The van der Waals surface area contributed by atoms with Gasteiger partial charge in [0.05, 0.1) is 0 Å². The molecule has 0 saturated heterocycles. The molecule has 0 spiro atoms. The number of nitrogens with one attached hydrogen (secondary N) is 1. The van der Waals surface area contributed by atoms with Gasteiger partial charge in [-0.25, -0.2) is 0 Å². The lowest BCUT2D eigenvalue weighted by molar-refractivity contribution is -0.118. The zero-order valence-corrected chi connectivity index (χ0v) is 25.1. The molecule has 3 aromatic carbocycles. The summed E-state index contributed by atoms with van der Waals surface area (Å²) in [5.41, 5.74) is 9.60. The van der Waals surface area contributed by atoms with Crippen LogP contribution in [0, 0.1) is 24.7 Å². The number of nitrogens with zero attached hydrogens (tertiary/aromatic N) is 1. The van der Waals surface area contributed by atoms with Crippen molar-refractivity contribution in [1.82, 2.24) is 0 Å². The molecule has 3 aliphatic rings. The van der Waals surface area contributed by atoms with Crippen LogP contribution in [0.4, 0.5) is 17.1 Å². The topological polar surface area (TPSA) is 49.4 Å². The van der Waals surface area contributed by atoms with E-state index in [0.717, 1.165) is 58.0 Å². The number of hydrogen-bond acceptors (Lipinski definition) is 4. The number of carbonyl (C=O) groups excluding carboxylic acids is 2. The Morgan fingerprint density at radius 2 is 1.24 bits per heavy atom. The first-order chi connectivity index (χ1) is 19.4. The van der Waals surface area contributed by atoms with E-state index in [1.54, 1.807) is 0 Å². The number of carbonyl (C=O) groups is 2. The van der Waals surface area contributed by atoms with E-state index in [4.69, 9.17) is 0 Å². The maximum absolute atomic E-state index is 14.2. The Balaban J connectivity index is 1.62. The molecular formula is C37H40N2O2. The summed E-state index contributed by atoms with van der Waals surface area (Å²) in [6, 6.07) is 25.2. The summed E-state index contributed by atoms with van der Waals surface area (Å²) in [6.07, 6.45) is 2.44. The third kappa shape index (κ3) is 5.05. The zero-order chi connectivity index (χ0) is 29.1. The normalized spacial score (nSPS) is 21.5. The molecule has 1 heterocycles. The SMILES string of the molecule is Cc1ccc(NC2=C(C3C4=C(CC(C)(C)CC4=O)N(c4ccc(C)cc4)c4ccccc43)C(=O)CC(C)(C)C2)cc1. The Kier molecular flexibility index (Phi) is 6.56. The van der Waals surface area contributed by atoms with Gasteiger partial charge in [-0.2, -0.15) is 0 Å². The van der Waals surface area contributed by atoms with Crippen LogP contribution in [-0.2, 0) is 9.59 Å². The highest BCUT2D eigenvalue weighted by atomic mass is 16.1. The Morgan fingerprint density at radius 3 is 1.90 bits per heavy atom. The standard InChI is InChI=1S/C37H40N2O2/c1-23-11-15-25(16-12-23)38-28-19-36(3,4)21-31(40)34(28)33-27-9-7-8-10-29(27)39(26-17-13-24(2)14-18-26)30-20-37(5,6)22-32(41)35(30)33/h7-18,33,38H,19-22H2,1-6H3. The largest absolute Gasteiger partial charge is 0.359 e. The first kappa shape index (κ1) is 27.3. The molecule has 6 rings (SSSR count). The number of anilines is 3. The summed E-state index contributed by atoms with van der Waals surface area (Å²) >= 11 is 0. The predicted molar refractivity (Wildman–Crippen MR) is 167 cm³/mol. The molecule has 2 aliphatic carbocycles. The van der Waals surface area contributed by atoms with Crippen molar-refractivity contribution in [3.8, 4) is 0 Å². The molecule has 1 atom stereocenters. The fourth-order valence-corrected chi connectivity index (χ4v) is 6.95. The second-order valence-corrected chi connectivity index (χ2v) is 13.8. The van der Waals surface area contributed by atoms with E-state index in [-0.39, 0.29) is 22.4 Å². The van der Waals surface area contributed by atoms with Crippen LogP contribution in [0.2, 0.25) is 0 Å². The van der Waals surface area contributed by atoms with Crippen LogP contribution in [0.15, 0.2) is 95.3 Å². The monoisotopic (exact) mass is 544 g/mol. The molecule has 3 aromatic rings. The van der Waals surface area contributed by atoms with Crippen molar-refractivity contribution >= 4 is 28.6 Å². The summed E-state index contributed by atoms with van der Waals surface area (Å²) in [5.74, 6) is -0.125. The highest BCUT2D eigenvalue weighted by molar-refractivity contribution is 6.08. The van der Waals surface area contributed by atoms with Gasteiger partial charge in [-0.3, -0.25) is 9.59 Å². The van der Waals surface area contributed by atoms with Crippen LogP contribution in [-0.4, -0.2) is 11.6 Å². The minimum absolute atomic E-state index is 0.129. The minimum atomic E-state index is -0.400. The van der Waals surface area contributed by atoms with Crippen molar-refractivity contribution in [2.24, 2.45) is 10.8 Å². The quantitative estimate of drug-likeness (QED) is 0.356. The molecule has 0 amide bonds. The van der Waals surface area contributed by atoms with Crippen molar-refractivity contribution in [3.05, 3.63) is 112 Å². The van der Waals surface area contributed by atoms with Gasteiger partial charge >= 0.3 is 0 Å². The van der Waals surface area contributed by atoms with Crippen LogP contribution in [0.3, 0.4) is 0 Å². The maximum atomic E-state index is 14.2. The first-order valence-electron chi connectivity index (χ1n) is 14.7. The van der Waals surface area contributed by atoms with Crippen molar-refractivity contribution < 1.29 is 9.59 Å². The van der Waals surface area contributed by atoms with Gasteiger partial charge in [-0.05, 0) is 73.4 Å². The molecule has 41 heavy (non-hydrogen) atoms. The van der Waals surface area contributed by atoms with E-state index in [0.29, 0.717) is 12.8 Å². The number of allylic oxidation sites excluding steroid dienone is 4. The van der Waals surface area contributed by atoms with Gasteiger partial charge in [0.1, 0.15) is 0 Å². The van der Waals surface area contributed by atoms with E-state index in [1.165, 1.54) is 11.1 Å². The Hall–Kier alpha value is -3.92. The Bertz CT molecular complexity index is 1600. The van der Waals surface area contributed by atoms with Gasteiger partial charge in [-0.15, -0.1) is 0 Å². The third-order valence-corrected chi connectivity index (χ3v) is 8.79. The van der Waals surface area contributed by atoms with Crippen LogP contribution < -0.4 is 10.2 Å². The van der Waals surface area contributed by atoms with E-state index in [1.807, 2.05) is 6.07 Å². The van der Waals surface area contributed by atoms with E-state index < -0.39 is 5.92 Å². The van der Waals surface area contributed by atoms with Gasteiger partial charge < -0.3 is 10.2 Å². The molecule has 4 heteroatoms. The number of aryl methyl sites for hydroxylation is 2. The van der Waals surface area contributed by atoms with Crippen LogP contribution in [0.25, 0.3) is 0 Å². The molecule has 0 bridgehead atoms. The van der Waals surface area contributed by atoms with Gasteiger partial charge in [0.15, 0.2) is 11.6 Å².